The molecule has 2 aromatic rings. The molecule has 0 unspecified atom stereocenters. The largest absolute Gasteiger partial charge is 0.480 e. The van der Waals surface area contributed by atoms with Crippen LogP contribution in [0.4, 0.5) is 0 Å². The van der Waals surface area contributed by atoms with Crippen LogP contribution in [0.25, 0.3) is 0 Å². The van der Waals surface area contributed by atoms with E-state index in [2.05, 4.69) is 5.32 Å². The van der Waals surface area contributed by atoms with Gasteiger partial charge in [-0.1, -0.05) is 18.2 Å². The zero-order valence-electron chi connectivity index (χ0n) is 11.7. The average molecular weight is 303 g/mol. The first kappa shape index (κ1) is 14.1. The molecule has 1 aliphatic rings. The summed E-state index contributed by atoms with van der Waals surface area (Å²) in [6.07, 6.45) is 0.0588. The van der Waals surface area contributed by atoms with Gasteiger partial charge < -0.3 is 15.2 Å². The van der Waals surface area contributed by atoms with Crippen LogP contribution in [-0.4, -0.2) is 23.7 Å². The van der Waals surface area contributed by atoms with Gasteiger partial charge in [-0.2, -0.15) is 11.3 Å². The van der Waals surface area contributed by atoms with Crippen LogP contribution in [0.3, 0.4) is 0 Å². The van der Waals surface area contributed by atoms with E-state index in [1.807, 2.05) is 41.1 Å². The van der Waals surface area contributed by atoms with Crippen LogP contribution in [0.5, 0.6) is 5.75 Å². The van der Waals surface area contributed by atoms with E-state index in [0.717, 1.165) is 16.9 Å². The second kappa shape index (κ2) is 5.50. The van der Waals surface area contributed by atoms with E-state index in [0.29, 0.717) is 6.42 Å². The van der Waals surface area contributed by atoms with Crippen molar-refractivity contribution in [1.82, 2.24) is 5.32 Å². The van der Waals surface area contributed by atoms with Crippen LogP contribution in [0, 0.1) is 0 Å². The molecular weight excluding hydrogens is 286 g/mol. The molecule has 1 amide bonds. The summed E-state index contributed by atoms with van der Waals surface area (Å²) in [6.45, 7) is 1.86. The van der Waals surface area contributed by atoms with Crippen LogP contribution >= 0.6 is 11.3 Å². The predicted molar refractivity (Wildman–Crippen MR) is 81.5 cm³/mol. The molecule has 0 saturated heterocycles. The predicted octanol–water partition coefficient (Wildman–Crippen LogP) is 2.08. The Morgan fingerprint density at radius 3 is 3.00 bits per heavy atom. The molecule has 1 aliphatic heterocycles. The van der Waals surface area contributed by atoms with Crippen molar-refractivity contribution in [1.29, 1.82) is 0 Å². The molecule has 110 valence electrons. The van der Waals surface area contributed by atoms with Crippen LogP contribution < -0.4 is 10.1 Å². The molecule has 0 fully saturated rings. The molecule has 2 heterocycles. The molecule has 0 radical (unpaired) electrons. The molecule has 5 heteroatoms. The van der Waals surface area contributed by atoms with Crippen molar-refractivity contribution in [2.75, 3.05) is 6.54 Å². The third kappa shape index (κ3) is 2.94. The van der Waals surface area contributed by atoms with Crippen molar-refractivity contribution in [2.45, 2.75) is 25.0 Å². The van der Waals surface area contributed by atoms with Gasteiger partial charge in [-0.05, 0) is 40.9 Å². The fraction of sp³-hybridized carbons (Fsp3) is 0.312. The van der Waals surface area contributed by atoms with Gasteiger partial charge in [0.25, 0.3) is 5.91 Å². The first-order valence-corrected chi connectivity index (χ1v) is 7.78. The molecular formula is C16H17NO3S. The van der Waals surface area contributed by atoms with Crippen LogP contribution in [0.2, 0.25) is 0 Å². The molecule has 4 nitrogen and oxygen atoms in total. The fourth-order valence-corrected chi connectivity index (χ4v) is 3.16. The Labute approximate surface area is 127 Å². The summed E-state index contributed by atoms with van der Waals surface area (Å²) in [5, 5.41) is 17.0. The number of hydrogen-bond donors (Lipinski definition) is 2. The number of ether oxygens (including phenoxy) is 1. The van der Waals surface area contributed by atoms with Crippen molar-refractivity contribution in [2.24, 2.45) is 0 Å². The Kier molecular flexibility index (Phi) is 3.69. The van der Waals surface area contributed by atoms with E-state index < -0.39 is 11.7 Å². The number of benzene rings is 1. The Morgan fingerprint density at radius 1 is 1.48 bits per heavy atom. The van der Waals surface area contributed by atoms with E-state index in [1.165, 1.54) is 11.3 Å². The number of fused-ring (bicyclic) bond motifs is 1. The highest BCUT2D eigenvalue weighted by Crippen LogP contribution is 2.28. The van der Waals surface area contributed by atoms with Crippen molar-refractivity contribution < 1.29 is 14.6 Å². The molecule has 2 N–H and O–H groups in total. The number of amides is 1. The van der Waals surface area contributed by atoms with Gasteiger partial charge in [0.2, 0.25) is 0 Å². The van der Waals surface area contributed by atoms with Crippen molar-refractivity contribution in [3.05, 3.63) is 52.2 Å². The maximum atomic E-state index is 12.2. The highest BCUT2D eigenvalue weighted by atomic mass is 32.1. The lowest BCUT2D eigenvalue weighted by molar-refractivity contribution is -0.128. The molecule has 21 heavy (non-hydrogen) atoms. The number of carbonyl (C=O) groups is 1. The van der Waals surface area contributed by atoms with Gasteiger partial charge in [-0.15, -0.1) is 0 Å². The van der Waals surface area contributed by atoms with Crippen molar-refractivity contribution in [3.8, 4) is 5.75 Å². The van der Waals surface area contributed by atoms with E-state index in [1.54, 1.807) is 6.92 Å². The van der Waals surface area contributed by atoms with Gasteiger partial charge in [0, 0.05) is 6.42 Å². The third-order valence-corrected chi connectivity index (χ3v) is 4.37. The summed E-state index contributed by atoms with van der Waals surface area (Å²) >= 11 is 1.52. The van der Waals surface area contributed by atoms with Gasteiger partial charge >= 0.3 is 0 Å². The second-order valence-corrected chi connectivity index (χ2v) is 6.20. The number of aliphatic hydroxyl groups is 1. The quantitative estimate of drug-likeness (QED) is 0.909. The van der Waals surface area contributed by atoms with Gasteiger partial charge in [-0.3, -0.25) is 4.79 Å². The van der Waals surface area contributed by atoms with E-state index in [4.69, 9.17) is 4.74 Å². The minimum Gasteiger partial charge on any atom is -0.480 e. The van der Waals surface area contributed by atoms with Gasteiger partial charge in [-0.25, -0.2) is 0 Å². The van der Waals surface area contributed by atoms with E-state index in [9.17, 15) is 9.90 Å². The number of carbonyl (C=O) groups excluding carboxylic acids is 1. The number of nitrogens with one attached hydrogen (secondary N) is 1. The number of rotatable bonds is 4. The molecule has 1 aromatic carbocycles. The molecule has 2 atom stereocenters. The molecule has 0 aliphatic carbocycles. The molecule has 3 rings (SSSR count). The van der Waals surface area contributed by atoms with Crippen LogP contribution in [0.15, 0.2) is 41.1 Å². The highest BCUT2D eigenvalue weighted by molar-refractivity contribution is 7.08. The topological polar surface area (TPSA) is 58.6 Å². The molecule has 0 saturated carbocycles. The minimum absolute atomic E-state index is 0.165. The summed E-state index contributed by atoms with van der Waals surface area (Å²) in [6, 6.07) is 9.51. The number of para-hydroxylation sites is 1. The second-order valence-electron chi connectivity index (χ2n) is 5.42. The maximum absolute atomic E-state index is 12.2. The van der Waals surface area contributed by atoms with Gasteiger partial charge in [0.15, 0.2) is 6.10 Å². The minimum atomic E-state index is -1.07. The van der Waals surface area contributed by atoms with Crippen molar-refractivity contribution >= 4 is 17.2 Å². The van der Waals surface area contributed by atoms with Gasteiger partial charge in [0.05, 0.1) is 6.54 Å². The average Bonchev–Trinajstić information content (AvgIpc) is 3.13. The standard InChI is InChI=1S/C16H17NO3S/c1-16(19,12-6-7-21-9-12)10-17-15(18)14-8-11-4-2-3-5-13(11)20-14/h2-7,9,14,19H,8,10H2,1H3,(H,17,18)/t14-,16-/m1/s1. The Bertz CT molecular complexity index is 612. The number of thiophene rings is 1. The Balaban J connectivity index is 1.59. The van der Waals surface area contributed by atoms with E-state index in [-0.39, 0.29) is 12.5 Å². The van der Waals surface area contributed by atoms with Gasteiger partial charge in [0.1, 0.15) is 11.4 Å². The van der Waals surface area contributed by atoms with Crippen molar-refractivity contribution in [3.63, 3.8) is 0 Å². The summed E-state index contributed by atoms with van der Waals surface area (Å²) in [7, 11) is 0. The SMILES string of the molecule is C[C@@](O)(CNC(=O)[C@H]1Cc2ccccc2O1)c1ccsc1. The number of hydrogen-bond acceptors (Lipinski definition) is 4. The normalized spacial score (nSPS) is 19.4. The van der Waals surface area contributed by atoms with E-state index >= 15 is 0 Å². The summed E-state index contributed by atoms with van der Waals surface area (Å²) < 4.78 is 5.63. The van der Waals surface area contributed by atoms with Crippen LogP contribution in [0.1, 0.15) is 18.1 Å². The first-order chi connectivity index (χ1) is 10.1. The monoisotopic (exact) mass is 303 g/mol. The third-order valence-electron chi connectivity index (χ3n) is 3.69. The lowest BCUT2D eigenvalue weighted by atomic mass is 9.99. The summed E-state index contributed by atoms with van der Waals surface area (Å²) in [5.41, 5.74) is 0.784. The fourth-order valence-electron chi connectivity index (χ4n) is 2.37. The lowest BCUT2D eigenvalue weighted by Crippen LogP contribution is -2.44. The lowest BCUT2D eigenvalue weighted by Gasteiger charge is -2.23. The zero-order chi connectivity index (χ0) is 14.9. The molecule has 1 aromatic heterocycles. The summed E-state index contributed by atoms with van der Waals surface area (Å²) in [5.74, 6) is 0.573. The first-order valence-electron chi connectivity index (χ1n) is 6.83. The molecule has 0 bridgehead atoms. The molecule has 0 spiro atoms. The van der Waals surface area contributed by atoms with Crippen LogP contribution in [-0.2, 0) is 16.8 Å². The Hall–Kier alpha value is -1.85. The summed E-state index contributed by atoms with van der Waals surface area (Å²) in [4.78, 5) is 12.2. The Morgan fingerprint density at radius 2 is 2.29 bits per heavy atom. The maximum Gasteiger partial charge on any atom is 0.261 e. The smallest absolute Gasteiger partial charge is 0.261 e. The highest BCUT2D eigenvalue weighted by Gasteiger charge is 2.31. The zero-order valence-corrected chi connectivity index (χ0v) is 12.5.